The monoisotopic (exact) mass is 243 g/mol. The average Bonchev–Trinajstić information content (AvgIpc) is 2.38. The van der Waals surface area contributed by atoms with E-state index in [9.17, 15) is 4.79 Å². The van der Waals surface area contributed by atoms with Crippen LogP contribution in [-0.4, -0.2) is 28.1 Å². The van der Waals surface area contributed by atoms with Crippen LogP contribution in [-0.2, 0) is 0 Å². The second-order valence-electron chi connectivity index (χ2n) is 3.97. The molecule has 2 rings (SSSR count). The first-order valence-electron chi connectivity index (χ1n) is 5.43. The van der Waals surface area contributed by atoms with Crippen molar-refractivity contribution in [2.75, 3.05) is 11.9 Å². The number of hydrogen-bond acceptors (Lipinski definition) is 4. The third kappa shape index (κ3) is 2.45. The zero-order valence-electron chi connectivity index (χ0n) is 10.2. The number of rotatable bonds is 3. The van der Waals surface area contributed by atoms with Gasteiger partial charge in [0, 0.05) is 25.1 Å². The Labute approximate surface area is 105 Å². The number of aryl methyl sites for hydroxylation is 1. The summed E-state index contributed by atoms with van der Waals surface area (Å²) in [5.74, 6) is -0.564. The largest absolute Gasteiger partial charge is 0.478 e. The Hall–Kier alpha value is -2.43. The van der Waals surface area contributed by atoms with E-state index in [4.69, 9.17) is 5.11 Å². The number of benzene rings is 1. The third-order valence-corrected chi connectivity index (χ3v) is 2.57. The lowest BCUT2D eigenvalue weighted by molar-refractivity contribution is 0.0696. The molecule has 0 bridgehead atoms. The second kappa shape index (κ2) is 4.83. The summed E-state index contributed by atoms with van der Waals surface area (Å²) >= 11 is 0. The molecule has 0 aliphatic carbocycles. The van der Waals surface area contributed by atoms with Crippen LogP contribution in [0.3, 0.4) is 0 Å². The minimum absolute atomic E-state index is 0.0800. The Morgan fingerprint density at radius 2 is 1.94 bits per heavy atom. The standard InChI is InChI=1S/C13H13N3O2/c1-9-4-3-5-11(6-9)16(2)13-14-7-10(8-15-13)12(17)18/h3-8H,1-2H3,(H,17,18). The zero-order chi connectivity index (χ0) is 13.1. The van der Waals surface area contributed by atoms with Gasteiger partial charge in [-0.2, -0.15) is 0 Å². The Morgan fingerprint density at radius 3 is 2.50 bits per heavy atom. The van der Waals surface area contributed by atoms with Gasteiger partial charge in [0.2, 0.25) is 5.95 Å². The van der Waals surface area contributed by atoms with Crippen LogP contribution < -0.4 is 4.90 Å². The van der Waals surface area contributed by atoms with Crippen molar-refractivity contribution in [2.45, 2.75) is 6.92 Å². The van der Waals surface area contributed by atoms with Gasteiger partial charge in [0.15, 0.2) is 0 Å². The normalized spacial score (nSPS) is 10.1. The Bertz CT molecular complexity index is 567. The smallest absolute Gasteiger partial charge is 0.338 e. The van der Waals surface area contributed by atoms with Crippen LogP contribution in [0.25, 0.3) is 0 Å². The summed E-state index contributed by atoms with van der Waals surface area (Å²) in [7, 11) is 1.84. The van der Waals surface area contributed by atoms with Gasteiger partial charge in [-0.1, -0.05) is 12.1 Å². The lowest BCUT2D eigenvalue weighted by atomic mass is 10.2. The van der Waals surface area contributed by atoms with Crippen molar-refractivity contribution >= 4 is 17.6 Å². The molecule has 2 aromatic rings. The molecule has 0 amide bonds. The highest BCUT2D eigenvalue weighted by atomic mass is 16.4. The first kappa shape index (κ1) is 12.0. The molecule has 0 fully saturated rings. The van der Waals surface area contributed by atoms with Gasteiger partial charge in [0.25, 0.3) is 0 Å². The number of anilines is 2. The van der Waals surface area contributed by atoms with E-state index in [0.717, 1.165) is 11.3 Å². The van der Waals surface area contributed by atoms with Crippen LogP contribution in [0.1, 0.15) is 15.9 Å². The number of nitrogens with zero attached hydrogens (tertiary/aromatic N) is 3. The summed E-state index contributed by atoms with van der Waals surface area (Å²) in [6, 6.07) is 7.91. The highest BCUT2D eigenvalue weighted by molar-refractivity contribution is 5.86. The van der Waals surface area contributed by atoms with E-state index < -0.39 is 5.97 Å². The van der Waals surface area contributed by atoms with E-state index in [1.54, 1.807) is 4.90 Å². The van der Waals surface area contributed by atoms with Crippen molar-refractivity contribution in [2.24, 2.45) is 0 Å². The molecule has 1 aromatic heterocycles. The van der Waals surface area contributed by atoms with Crippen LogP contribution in [0.5, 0.6) is 0 Å². The minimum Gasteiger partial charge on any atom is -0.478 e. The van der Waals surface area contributed by atoms with E-state index in [1.807, 2.05) is 38.2 Å². The maximum atomic E-state index is 10.7. The summed E-state index contributed by atoms with van der Waals surface area (Å²) < 4.78 is 0. The van der Waals surface area contributed by atoms with Gasteiger partial charge >= 0.3 is 5.97 Å². The number of carboxylic acids is 1. The number of hydrogen-bond donors (Lipinski definition) is 1. The molecule has 0 unspecified atom stereocenters. The highest BCUT2D eigenvalue weighted by Gasteiger charge is 2.09. The van der Waals surface area contributed by atoms with Gasteiger partial charge in [-0.3, -0.25) is 0 Å². The molecular formula is C13H13N3O2. The first-order valence-corrected chi connectivity index (χ1v) is 5.43. The first-order chi connectivity index (χ1) is 8.58. The van der Waals surface area contributed by atoms with Gasteiger partial charge in [-0.25, -0.2) is 14.8 Å². The third-order valence-electron chi connectivity index (χ3n) is 2.57. The molecule has 1 N–H and O–H groups in total. The average molecular weight is 243 g/mol. The Morgan fingerprint density at radius 1 is 1.28 bits per heavy atom. The fraction of sp³-hybridized carbons (Fsp3) is 0.154. The van der Waals surface area contributed by atoms with Crippen molar-refractivity contribution < 1.29 is 9.90 Å². The van der Waals surface area contributed by atoms with E-state index in [2.05, 4.69) is 9.97 Å². The molecule has 0 aliphatic rings. The highest BCUT2D eigenvalue weighted by Crippen LogP contribution is 2.20. The predicted molar refractivity (Wildman–Crippen MR) is 68.2 cm³/mol. The molecule has 0 radical (unpaired) electrons. The molecule has 0 saturated heterocycles. The van der Waals surface area contributed by atoms with E-state index in [-0.39, 0.29) is 5.56 Å². The molecule has 0 saturated carbocycles. The van der Waals surface area contributed by atoms with Crippen LogP contribution >= 0.6 is 0 Å². The molecule has 18 heavy (non-hydrogen) atoms. The molecular weight excluding hydrogens is 230 g/mol. The Kier molecular flexibility index (Phi) is 3.23. The van der Waals surface area contributed by atoms with Gasteiger partial charge < -0.3 is 10.0 Å². The maximum Gasteiger partial charge on any atom is 0.338 e. The number of carbonyl (C=O) groups is 1. The minimum atomic E-state index is -1.03. The molecule has 1 aromatic carbocycles. The van der Waals surface area contributed by atoms with Crippen molar-refractivity contribution in [3.63, 3.8) is 0 Å². The second-order valence-corrected chi connectivity index (χ2v) is 3.97. The lowest BCUT2D eigenvalue weighted by Gasteiger charge is -2.17. The maximum absolute atomic E-state index is 10.7. The molecule has 5 heteroatoms. The predicted octanol–water partition coefficient (Wildman–Crippen LogP) is 2.25. The fourth-order valence-corrected chi connectivity index (χ4v) is 1.56. The van der Waals surface area contributed by atoms with Crippen molar-refractivity contribution in [1.29, 1.82) is 0 Å². The van der Waals surface area contributed by atoms with Gasteiger partial charge in [0.05, 0.1) is 5.56 Å². The van der Waals surface area contributed by atoms with Crippen molar-refractivity contribution in [1.82, 2.24) is 9.97 Å². The molecule has 0 aliphatic heterocycles. The van der Waals surface area contributed by atoms with Crippen LogP contribution in [0.15, 0.2) is 36.7 Å². The summed E-state index contributed by atoms with van der Waals surface area (Å²) in [6.07, 6.45) is 2.61. The van der Waals surface area contributed by atoms with Gasteiger partial charge in [0.1, 0.15) is 0 Å². The van der Waals surface area contributed by atoms with Crippen LogP contribution in [0.4, 0.5) is 11.6 Å². The topological polar surface area (TPSA) is 66.3 Å². The lowest BCUT2D eigenvalue weighted by Crippen LogP contribution is -2.13. The molecule has 0 spiro atoms. The molecule has 0 atom stereocenters. The van der Waals surface area contributed by atoms with E-state index >= 15 is 0 Å². The summed E-state index contributed by atoms with van der Waals surface area (Å²) in [4.78, 5) is 20.6. The zero-order valence-corrected chi connectivity index (χ0v) is 10.2. The SMILES string of the molecule is Cc1cccc(N(C)c2ncc(C(=O)O)cn2)c1. The van der Waals surface area contributed by atoms with Crippen LogP contribution in [0.2, 0.25) is 0 Å². The summed E-state index contributed by atoms with van der Waals surface area (Å²) in [6.45, 7) is 2.01. The van der Waals surface area contributed by atoms with Gasteiger partial charge in [-0.15, -0.1) is 0 Å². The van der Waals surface area contributed by atoms with Crippen molar-refractivity contribution in [3.8, 4) is 0 Å². The quantitative estimate of drug-likeness (QED) is 0.895. The number of aromatic carboxylic acids is 1. The van der Waals surface area contributed by atoms with E-state index in [1.165, 1.54) is 12.4 Å². The van der Waals surface area contributed by atoms with Crippen molar-refractivity contribution in [3.05, 3.63) is 47.8 Å². The number of aromatic nitrogens is 2. The summed E-state index contributed by atoms with van der Waals surface area (Å²) in [5.41, 5.74) is 2.18. The van der Waals surface area contributed by atoms with Gasteiger partial charge in [-0.05, 0) is 24.6 Å². The molecule has 5 nitrogen and oxygen atoms in total. The molecule has 92 valence electrons. The van der Waals surface area contributed by atoms with E-state index in [0.29, 0.717) is 5.95 Å². The van der Waals surface area contributed by atoms with Crippen LogP contribution in [0, 0.1) is 6.92 Å². The Balaban J connectivity index is 2.28. The number of carboxylic acid groups (broad SMARTS) is 1. The molecule has 1 heterocycles. The fourth-order valence-electron chi connectivity index (χ4n) is 1.56. The summed E-state index contributed by atoms with van der Waals surface area (Å²) in [5, 5.41) is 8.77.